The molecule has 1 N–H and O–H groups in total. The largest absolute Gasteiger partial charge is 0.491 e. The molecule has 0 aliphatic carbocycles. The van der Waals surface area contributed by atoms with Gasteiger partial charge >= 0.3 is 0 Å². The SMILES string of the molecule is CC(C)Oc1ccc(N2C(=S)N[C@H](c3ccccn3)[C@@H]2c2cccn2C[C@@H]2CCCO2)cc1. The Morgan fingerprint density at radius 3 is 2.70 bits per heavy atom. The standard InChI is InChI=1S/C26H30N4O2S/c1-18(2)32-20-12-10-19(11-13-20)30-25(24(28-26(30)33)22-8-3-4-14-27-22)23-9-5-15-29(23)17-21-7-6-16-31-21/h3-5,8-15,18,21,24-25H,6-7,16-17H2,1-2H3,(H,28,33)/t21-,24+,25-/m0/s1. The van der Waals surface area contributed by atoms with Gasteiger partial charge in [-0.1, -0.05) is 6.07 Å². The van der Waals surface area contributed by atoms with Gasteiger partial charge in [-0.2, -0.15) is 0 Å². The minimum absolute atomic E-state index is 0.0410. The predicted molar refractivity (Wildman–Crippen MR) is 134 cm³/mol. The molecule has 0 unspecified atom stereocenters. The zero-order chi connectivity index (χ0) is 22.8. The highest BCUT2D eigenvalue weighted by molar-refractivity contribution is 7.80. The third kappa shape index (κ3) is 4.61. The van der Waals surface area contributed by atoms with E-state index in [1.807, 2.05) is 44.3 Å². The predicted octanol–water partition coefficient (Wildman–Crippen LogP) is 5.03. The Bertz CT molecular complexity index is 1080. The minimum Gasteiger partial charge on any atom is -0.491 e. The van der Waals surface area contributed by atoms with Crippen LogP contribution < -0.4 is 15.0 Å². The lowest BCUT2D eigenvalue weighted by atomic mass is 10.0. The van der Waals surface area contributed by atoms with Crippen molar-refractivity contribution in [1.29, 1.82) is 0 Å². The average molecular weight is 463 g/mol. The van der Waals surface area contributed by atoms with Crippen LogP contribution in [0.25, 0.3) is 0 Å². The number of hydrogen-bond acceptors (Lipinski definition) is 4. The summed E-state index contributed by atoms with van der Waals surface area (Å²) in [6.07, 6.45) is 6.60. The fourth-order valence-corrected chi connectivity index (χ4v) is 5.11. The first-order valence-electron chi connectivity index (χ1n) is 11.6. The number of ether oxygens (including phenoxy) is 2. The Morgan fingerprint density at radius 1 is 1.15 bits per heavy atom. The second kappa shape index (κ2) is 9.53. The topological polar surface area (TPSA) is 51.5 Å². The molecule has 4 heterocycles. The van der Waals surface area contributed by atoms with Gasteiger partial charge in [-0.05, 0) is 87.4 Å². The molecule has 2 aliphatic heterocycles. The quantitative estimate of drug-likeness (QED) is 0.497. The average Bonchev–Trinajstić information content (AvgIpc) is 3.55. The Kier molecular flexibility index (Phi) is 6.33. The summed E-state index contributed by atoms with van der Waals surface area (Å²) in [6, 6.07) is 18.4. The summed E-state index contributed by atoms with van der Waals surface area (Å²) < 4.78 is 14.1. The highest BCUT2D eigenvalue weighted by atomic mass is 32.1. The van der Waals surface area contributed by atoms with Gasteiger partial charge in [0.1, 0.15) is 11.8 Å². The molecule has 2 fully saturated rings. The zero-order valence-electron chi connectivity index (χ0n) is 19.1. The van der Waals surface area contributed by atoms with Crippen molar-refractivity contribution in [3.8, 4) is 5.75 Å². The van der Waals surface area contributed by atoms with Gasteiger partial charge in [-0.3, -0.25) is 4.98 Å². The van der Waals surface area contributed by atoms with Crippen LogP contribution in [0.15, 0.2) is 67.0 Å². The van der Waals surface area contributed by atoms with Crippen LogP contribution in [-0.2, 0) is 11.3 Å². The lowest BCUT2D eigenvalue weighted by Crippen LogP contribution is -2.31. The summed E-state index contributed by atoms with van der Waals surface area (Å²) in [6.45, 7) is 5.76. The molecule has 3 aromatic rings. The first-order valence-corrected chi connectivity index (χ1v) is 12.0. The Morgan fingerprint density at radius 2 is 2.00 bits per heavy atom. The van der Waals surface area contributed by atoms with Crippen molar-refractivity contribution in [2.24, 2.45) is 0 Å². The van der Waals surface area contributed by atoms with Gasteiger partial charge in [0.05, 0.1) is 23.9 Å². The molecule has 172 valence electrons. The molecule has 0 saturated carbocycles. The molecule has 2 aliphatic rings. The highest BCUT2D eigenvalue weighted by Crippen LogP contribution is 2.42. The number of rotatable bonds is 7. The van der Waals surface area contributed by atoms with E-state index in [9.17, 15) is 0 Å². The number of nitrogens with zero attached hydrogens (tertiary/aromatic N) is 3. The van der Waals surface area contributed by atoms with E-state index in [0.29, 0.717) is 5.11 Å². The Hall–Kier alpha value is -2.90. The van der Waals surface area contributed by atoms with E-state index >= 15 is 0 Å². The number of pyridine rings is 1. The molecular weight excluding hydrogens is 432 g/mol. The molecule has 6 nitrogen and oxygen atoms in total. The summed E-state index contributed by atoms with van der Waals surface area (Å²) in [4.78, 5) is 6.86. The lowest BCUT2D eigenvalue weighted by Gasteiger charge is -2.29. The molecule has 2 aromatic heterocycles. The van der Waals surface area contributed by atoms with Crippen molar-refractivity contribution < 1.29 is 9.47 Å². The van der Waals surface area contributed by atoms with E-state index in [0.717, 1.165) is 43.1 Å². The van der Waals surface area contributed by atoms with Crippen LogP contribution in [0.3, 0.4) is 0 Å². The monoisotopic (exact) mass is 462 g/mol. The van der Waals surface area contributed by atoms with Gasteiger partial charge < -0.3 is 24.3 Å². The van der Waals surface area contributed by atoms with Crippen molar-refractivity contribution in [1.82, 2.24) is 14.9 Å². The smallest absolute Gasteiger partial charge is 0.174 e. The van der Waals surface area contributed by atoms with Crippen molar-refractivity contribution in [2.75, 3.05) is 11.5 Å². The van der Waals surface area contributed by atoms with E-state index in [1.54, 1.807) is 0 Å². The van der Waals surface area contributed by atoms with E-state index < -0.39 is 0 Å². The first-order chi connectivity index (χ1) is 16.1. The van der Waals surface area contributed by atoms with Crippen LogP contribution in [0.4, 0.5) is 5.69 Å². The minimum atomic E-state index is -0.0663. The van der Waals surface area contributed by atoms with Crippen molar-refractivity contribution in [2.45, 2.75) is 57.5 Å². The van der Waals surface area contributed by atoms with E-state index in [4.69, 9.17) is 21.7 Å². The zero-order valence-corrected chi connectivity index (χ0v) is 19.9. The number of thiocarbonyl (C=S) groups is 1. The van der Waals surface area contributed by atoms with Gasteiger partial charge in [0.2, 0.25) is 0 Å². The normalized spacial score (nSPS) is 22.7. The van der Waals surface area contributed by atoms with Crippen LogP contribution in [-0.4, -0.2) is 33.5 Å². The maximum absolute atomic E-state index is 5.93. The van der Waals surface area contributed by atoms with Gasteiger partial charge in [-0.15, -0.1) is 0 Å². The van der Waals surface area contributed by atoms with Crippen molar-refractivity contribution in [3.05, 3.63) is 78.4 Å². The van der Waals surface area contributed by atoms with Gasteiger partial charge in [0, 0.05) is 36.9 Å². The summed E-state index contributed by atoms with van der Waals surface area (Å²) in [7, 11) is 0. The molecular formula is C26H30N4O2S. The number of nitrogens with one attached hydrogen (secondary N) is 1. The van der Waals surface area contributed by atoms with E-state index in [1.165, 1.54) is 5.69 Å². The molecule has 0 spiro atoms. The third-order valence-electron chi connectivity index (χ3n) is 6.18. The molecule has 2 saturated heterocycles. The molecule has 0 bridgehead atoms. The summed E-state index contributed by atoms with van der Waals surface area (Å²) in [5.41, 5.74) is 3.19. The highest BCUT2D eigenvalue weighted by Gasteiger charge is 2.42. The van der Waals surface area contributed by atoms with Crippen LogP contribution in [0.1, 0.15) is 50.2 Å². The second-order valence-corrected chi connectivity index (χ2v) is 9.26. The van der Waals surface area contributed by atoms with Crippen LogP contribution in [0, 0.1) is 0 Å². The molecule has 1 aromatic carbocycles. The van der Waals surface area contributed by atoms with Crippen LogP contribution >= 0.6 is 12.2 Å². The molecule has 7 heteroatoms. The summed E-state index contributed by atoms with van der Waals surface area (Å²) in [5, 5.41) is 4.24. The lowest BCUT2D eigenvalue weighted by molar-refractivity contribution is 0.0961. The maximum atomic E-state index is 5.93. The molecule has 5 rings (SSSR count). The maximum Gasteiger partial charge on any atom is 0.174 e. The van der Waals surface area contributed by atoms with Crippen LogP contribution in [0.2, 0.25) is 0 Å². The van der Waals surface area contributed by atoms with Crippen LogP contribution in [0.5, 0.6) is 5.75 Å². The van der Waals surface area contributed by atoms with Gasteiger partial charge in [0.25, 0.3) is 0 Å². The number of anilines is 1. The molecule has 0 amide bonds. The number of hydrogen-bond donors (Lipinski definition) is 1. The fraction of sp³-hybridized carbons (Fsp3) is 0.385. The summed E-state index contributed by atoms with van der Waals surface area (Å²) in [5.74, 6) is 0.853. The summed E-state index contributed by atoms with van der Waals surface area (Å²) >= 11 is 5.86. The Balaban J connectivity index is 1.52. The Labute approximate surface area is 200 Å². The second-order valence-electron chi connectivity index (χ2n) is 8.88. The fourth-order valence-electron chi connectivity index (χ4n) is 4.76. The van der Waals surface area contributed by atoms with Gasteiger partial charge in [-0.25, -0.2) is 0 Å². The number of aromatic nitrogens is 2. The van der Waals surface area contributed by atoms with Gasteiger partial charge in [0.15, 0.2) is 5.11 Å². The van der Waals surface area contributed by atoms with E-state index in [2.05, 4.69) is 56.3 Å². The number of benzene rings is 1. The molecule has 33 heavy (non-hydrogen) atoms. The molecule has 0 radical (unpaired) electrons. The van der Waals surface area contributed by atoms with E-state index in [-0.39, 0.29) is 24.3 Å². The first kappa shape index (κ1) is 21.9. The molecule has 3 atom stereocenters. The van der Waals surface area contributed by atoms with Crippen molar-refractivity contribution >= 4 is 23.0 Å². The third-order valence-corrected chi connectivity index (χ3v) is 6.49. The van der Waals surface area contributed by atoms with Crippen molar-refractivity contribution in [3.63, 3.8) is 0 Å².